The summed E-state index contributed by atoms with van der Waals surface area (Å²) in [5.41, 5.74) is 3.20. The monoisotopic (exact) mass is 495 g/mol. The lowest BCUT2D eigenvalue weighted by atomic mass is 10.0. The number of benzene rings is 2. The molecular formula is C27H33N3O2S2. The number of aromatic nitrogens is 1. The molecule has 1 aromatic heterocycles. The van der Waals surface area contributed by atoms with E-state index < -0.39 is 6.04 Å². The number of hydrogen-bond acceptors (Lipinski definition) is 4. The number of para-hydroxylation sites is 1. The van der Waals surface area contributed by atoms with Gasteiger partial charge in [0.1, 0.15) is 6.04 Å². The van der Waals surface area contributed by atoms with E-state index in [-0.39, 0.29) is 11.8 Å². The van der Waals surface area contributed by atoms with Crippen molar-refractivity contribution in [3.8, 4) is 0 Å². The Morgan fingerprint density at radius 1 is 1.18 bits per heavy atom. The zero-order valence-corrected chi connectivity index (χ0v) is 22.0. The Hall–Kier alpha value is -2.38. The molecule has 0 radical (unpaired) electrons. The molecule has 1 atom stereocenters. The van der Waals surface area contributed by atoms with Gasteiger partial charge in [0.05, 0.1) is 10.8 Å². The average molecular weight is 496 g/mol. The van der Waals surface area contributed by atoms with Crippen LogP contribution in [0, 0.1) is 5.92 Å². The number of nitrogens with one attached hydrogen (secondary N) is 1. The van der Waals surface area contributed by atoms with Gasteiger partial charge >= 0.3 is 0 Å². The summed E-state index contributed by atoms with van der Waals surface area (Å²) < 4.78 is 2.13. The number of aryl methyl sites for hydroxylation is 1. The zero-order chi connectivity index (χ0) is 24.2. The Labute approximate surface area is 210 Å². The molecule has 0 saturated carbocycles. The van der Waals surface area contributed by atoms with Crippen molar-refractivity contribution in [3.05, 3.63) is 59.7 Å². The van der Waals surface area contributed by atoms with Gasteiger partial charge in [0.25, 0.3) is 0 Å². The summed E-state index contributed by atoms with van der Waals surface area (Å²) in [5, 5.41) is 5.18. The van der Waals surface area contributed by atoms with Crippen LogP contribution in [0.3, 0.4) is 0 Å². The molecule has 0 unspecified atom stereocenters. The van der Waals surface area contributed by atoms with Crippen LogP contribution in [-0.2, 0) is 23.1 Å². The van der Waals surface area contributed by atoms with E-state index >= 15 is 0 Å². The first-order valence-corrected chi connectivity index (χ1v) is 14.0. The Kier molecular flexibility index (Phi) is 7.94. The SMILES string of the molecule is CSc1ccc(CCN2C(=O)CSc3c(c4ccccc4n3C)[C@H]2C(=O)NCCC(C)C)cc1. The van der Waals surface area contributed by atoms with Gasteiger partial charge in [0, 0.05) is 41.5 Å². The number of thioether (sulfide) groups is 2. The lowest BCUT2D eigenvalue weighted by Gasteiger charge is -2.30. The molecule has 1 N–H and O–H groups in total. The highest BCUT2D eigenvalue weighted by Gasteiger charge is 2.38. The highest BCUT2D eigenvalue weighted by molar-refractivity contribution is 8.00. The molecule has 0 bridgehead atoms. The smallest absolute Gasteiger partial charge is 0.247 e. The first kappa shape index (κ1) is 24.7. The molecule has 0 saturated heterocycles. The normalized spacial score (nSPS) is 16.1. The van der Waals surface area contributed by atoms with E-state index in [1.165, 1.54) is 22.2 Å². The van der Waals surface area contributed by atoms with Gasteiger partial charge in [0.2, 0.25) is 11.8 Å². The molecule has 2 aromatic carbocycles. The van der Waals surface area contributed by atoms with Crippen molar-refractivity contribution in [3.63, 3.8) is 0 Å². The van der Waals surface area contributed by atoms with Crippen molar-refractivity contribution in [2.24, 2.45) is 13.0 Å². The van der Waals surface area contributed by atoms with Crippen LogP contribution in [0.5, 0.6) is 0 Å². The first-order valence-electron chi connectivity index (χ1n) is 11.8. The number of fused-ring (bicyclic) bond motifs is 3. The summed E-state index contributed by atoms with van der Waals surface area (Å²) in [7, 11) is 2.02. The third-order valence-electron chi connectivity index (χ3n) is 6.40. The van der Waals surface area contributed by atoms with Crippen molar-refractivity contribution in [2.45, 2.75) is 42.7 Å². The molecule has 0 aliphatic carbocycles. The molecular weight excluding hydrogens is 462 g/mol. The minimum atomic E-state index is -0.638. The van der Waals surface area contributed by atoms with Gasteiger partial charge in [-0.3, -0.25) is 9.59 Å². The second-order valence-corrected chi connectivity index (χ2v) is 11.0. The van der Waals surface area contributed by atoms with E-state index in [2.05, 4.69) is 66.4 Å². The Balaban J connectivity index is 1.70. The van der Waals surface area contributed by atoms with Gasteiger partial charge < -0.3 is 14.8 Å². The van der Waals surface area contributed by atoms with E-state index in [0.717, 1.165) is 27.9 Å². The van der Waals surface area contributed by atoms with E-state index in [4.69, 9.17) is 0 Å². The third-order valence-corrected chi connectivity index (χ3v) is 8.30. The van der Waals surface area contributed by atoms with Crippen molar-refractivity contribution in [2.75, 3.05) is 25.1 Å². The number of carbonyl (C=O) groups excluding carboxylic acids is 2. The fourth-order valence-electron chi connectivity index (χ4n) is 4.50. The number of hydrogen-bond donors (Lipinski definition) is 1. The molecule has 2 heterocycles. The molecule has 1 aliphatic rings. The van der Waals surface area contributed by atoms with Crippen LogP contribution < -0.4 is 5.32 Å². The molecule has 0 spiro atoms. The van der Waals surface area contributed by atoms with Crippen LogP contribution in [-0.4, -0.2) is 46.4 Å². The predicted molar refractivity (Wildman–Crippen MR) is 142 cm³/mol. The molecule has 34 heavy (non-hydrogen) atoms. The fraction of sp³-hybridized carbons (Fsp3) is 0.407. The van der Waals surface area contributed by atoms with Crippen molar-refractivity contribution < 1.29 is 9.59 Å². The van der Waals surface area contributed by atoms with Crippen LogP contribution in [0.25, 0.3) is 10.9 Å². The number of rotatable bonds is 8. The van der Waals surface area contributed by atoms with Gasteiger partial charge in [-0.05, 0) is 48.8 Å². The number of nitrogens with zero attached hydrogens (tertiary/aromatic N) is 2. The zero-order valence-electron chi connectivity index (χ0n) is 20.3. The average Bonchev–Trinajstić information content (AvgIpc) is 3.01. The van der Waals surface area contributed by atoms with Gasteiger partial charge in [-0.25, -0.2) is 0 Å². The summed E-state index contributed by atoms with van der Waals surface area (Å²) in [5.74, 6) is 0.750. The maximum Gasteiger partial charge on any atom is 0.247 e. The largest absolute Gasteiger partial charge is 0.354 e. The van der Waals surface area contributed by atoms with Crippen molar-refractivity contribution in [1.29, 1.82) is 0 Å². The summed E-state index contributed by atoms with van der Waals surface area (Å²) in [6, 6.07) is 16.0. The third kappa shape index (κ3) is 5.15. The number of carbonyl (C=O) groups is 2. The second kappa shape index (κ2) is 10.9. The summed E-state index contributed by atoms with van der Waals surface area (Å²) >= 11 is 3.25. The Bertz CT molecular complexity index is 1170. The van der Waals surface area contributed by atoms with Crippen LogP contribution >= 0.6 is 23.5 Å². The topological polar surface area (TPSA) is 54.3 Å². The minimum absolute atomic E-state index is 0.00928. The summed E-state index contributed by atoms with van der Waals surface area (Å²) in [6.07, 6.45) is 3.68. The van der Waals surface area contributed by atoms with Crippen LogP contribution in [0.2, 0.25) is 0 Å². The first-order chi connectivity index (χ1) is 16.4. The maximum absolute atomic E-state index is 13.7. The lowest BCUT2D eigenvalue weighted by Crippen LogP contribution is -2.45. The molecule has 3 aromatic rings. The highest BCUT2D eigenvalue weighted by atomic mass is 32.2. The van der Waals surface area contributed by atoms with Gasteiger partial charge in [0.15, 0.2) is 0 Å². The Morgan fingerprint density at radius 2 is 1.91 bits per heavy atom. The molecule has 1 aliphatic heterocycles. The molecule has 7 heteroatoms. The highest BCUT2D eigenvalue weighted by Crippen LogP contribution is 2.41. The second-order valence-electron chi connectivity index (χ2n) is 9.14. The fourth-order valence-corrected chi connectivity index (χ4v) is 6.00. The van der Waals surface area contributed by atoms with E-state index in [1.807, 2.05) is 19.2 Å². The summed E-state index contributed by atoms with van der Waals surface area (Å²) in [6.45, 7) is 5.41. The van der Waals surface area contributed by atoms with E-state index in [9.17, 15) is 9.59 Å². The quantitative estimate of drug-likeness (QED) is 0.432. The van der Waals surface area contributed by atoms with E-state index in [0.29, 0.717) is 31.2 Å². The van der Waals surface area contributed by atoms with Gasteiger partial charge in [-0.2, -0.15) is 0 Å². The van der Waals surface area contributed by atoms with Crippen molar-refractivity contribution in [1.82, 2.24) is 14.8 Å². The van der Waals surface area contributed by atoms with Gasteiger partial charge in [-0.1, -0.05) is 55.9 Å². The molecule has 2 amide bonds. The lowest BCUT2D eigenvalue weighted by molar-refractivity contribution is -0.138. The molecule has 4 rings (SSSR count). The van der Waals surface area contributed by atoms with Crippen LogP contribution in [0.15, 0.2) is 58.5 Å². The van der Waals surface area contributed by atoms with Crippen molar-refractivity contribution >= 4 is 46.2 Å². The predicted octanol–water partition coefficient (Wildman–Crippen LogP) is 5.28. The maximum atomic E-state index is 13.7. The minimum Gasteiger partial charge on any atom is -0.354 e. The molecule has 180 valence electrons. The van der Waals surface area contributed by atoms with Gasteiger partial charge in [-0.15, -0.1) is 11.8 Å². The van der Waals surface area contributed by atoms with E-state index in [1.54, 1.807) is 16.7 Å². The summed E-state index contributed by atoms with van der Waals surface area (Å²) in [4.78, 5) is 30.1. The number of amides is 2. The van der Waals surface area contributed by atoms with Crippen LogP contribution in [0.1, 0.15) is 37.4 Å². The molecule has 0 fully saturated rings. The Morgan fingerprint density at radius 3 is 2.62 bits per heavy atom. The van der Waals surface area contributed by atoms with Crippen LogP contribution in [0.4, 0.5) is 0 Å². The molecule has 5 nitrogen and oxygen atoms in total. The standard InChI is InChI=1S/C27H33N3O2S2/c1-18(2)13-15-28-26(32)25-24-21-7-5-6-8-22(21)29(3)27(24)34-17-23(31)30(25)16-14-19-9-11-20(33-4)12-10-19/h5-12,18,25H,13-17H2,1-4H3,(H,28,32)/t25-/m0/s1.